The molecule has 3 nitrogen and oxygen atoms in total. The van der Waals surface area contributed by atoms with E-state index in [1.807, 2.05) is 42.5 Å². The Balaban J connectivity index is 1.81. The summed E-state index contributed by atoms with van der Waals surface area (Å²) in [5, 5.41) is 4.46. The van der Waals surface area contributed by atoms with Crippen molar-refractivity contribution in [2.24, 2.45) is 0 Å². The summed E-state index contributed by atoms with van der Waals surface area (Å²) in [5.74, 6) is 1.68. The number of para-hydroxylation sites is 1. The van der Waals surface area contributed by atoms with Crippen LogP contribution < -0.4 is 10.1 Å². The minimum absolute atomic E-state index is 0.609. The van der Waals surface area contributed by atoms with Gasteiger partial charge in [-0.1, -0.05) is 18.2 Å². The van der Waals surface area contributed by atoms with Gasteiger partial charge in [0.05, 0.1) is 23.8 Å². The first-order valence-electron chi connectivity index (χ1n) is 6.42. The number of fused-ring (bicyclic) bond motifs is 1. The summed E-state index contributed by atoms with van der Waals surface area (Å²) in [6, 6.07) is 13.9. The molecule has 0 unspecified atom stereocenters. The zero-order valence-electron chi connectivity index (χ0n) is 11.3. The molecule has 0 spiro atoms. The summed E-state index contributed by atoms with van der Waals surface area (Å²) < 4.78 is 13.0. The van der Waals surface area contributed by atoms with Crippen molar-refractivity contribution >= 4 is 48.5 Å². The van der Waals surface area contributed by atoms with Crippen LogP contribution in [0.5, 0.6) is 5.75 Å². The second-order valence-electron chi connectivity index (χ2n) is 4.57. The maximum absolute atomic E-state index is 5.79. The van der Waals surface area contributed by atoms with Gasteiger partial charge in [-0.05, 0) is 50.1 Å². The number of ether oxygens (including phenoxy) is 1. The van der Waals surface area contributed by atoms with Crippen LogP contribution in [0.25, 0.3) is 11.0 Å². The summed E-state index contributed by atoms with van der Waals surface area (Å²) in [7, 11) is 1.65. The van der Waals surface area contributed by atoms with Gasteiger partial charge in [-0.3, -0.25) is 0 Å². The molecule has 0 aliphatic heterocycles. The van der Waals surface area contributed by atoms with Crippen LogP contribution in [0.4, 0.5) is 5.69 Å². The molecule has 0 bridgehead atoms. The standard InChI is InChI=1S/C16H13Br2NO2/c1-20-16-8-14(12(17)7-13(16)18)19-9-11-6-10-4-2-3-5-15(10)21-11/h2-8,19H,9H2,1H3. The van der Waals surface area contributed by atoms with E-state index in [2.05, 4.69) is 37.2 Å². The zero-order chi connectivity index (χ0) is 14.8. The first-order valence-corrected chi connectivity index (χ1v) is 8.00. The van der Waals surface area contributed by atoms with Gasteiger partial charge < -0.3 is 14.5 Å². The summed E-state index contributed by atoms with van der Waals surface area (Å²) >= 11 is 7.00. The Bertz CT molecular complexity index is 750. The maximum Gasteiger partial charge on any atom is 0.135 e. The molecule has 3 rings (SSSR count). The van der Waals surface area contributed by atoms with Gasteiger partial charge >= 0.3 is 0 Å². The fraction of sp³-hybridized carbons (Fsp3) is 0.125. The summed E-state index contributed by atoms with van der Waals surface area (Å²) in [4.78, 5) is 0. The van der Waals surface area contributed by atoms with Crippen LogP contribution in [0.15, 0.2) is 55.8 Å². The van der Waals surface area contributed by atoms with Crippen LogP contribution >= 0.6 is 31.9 Å². The second-order valence-corrected chi connectivity index (χ2v) is 6.28. The van der Waals surface area contributed by atoms with Gasteiger partial charge in [0.25, 0.3) is 0 Å². The first kappa shape index (κ1) is 14.5. The fourth-order valence-electron chi connectivity index (χ4n) is 2.13. The van der Waals surface area contributed by atoms with Gasteiger partial charge in [0.1, 0.15) is 17.1 Å². The monoisotopic (exact) mass is 409 g/mol. The van der Waals surface area contributed by atoms with Crippen molar-refractivity contribution < 1.29 is 9.15 Å². The molecule has 21 heavy (non-hydrogen) atoms. The topological polar surface area (TPSA) is 34.4 Å². The maximum atomic E-state index is 5.79. The van der Waals surface area contributed by atoms with E-state index in [0.29, 0.717) is 6.54 Å². The molecular weight excluding hydrogens is 398 g/mol. The zero-order valence-corrected chi connectivity index (χ0v) is 14.5. The number of rotatable bonds is 4. The Kier molecular flexibility index (Phi) is 4.22. The highest BCUT2D eigenvalue weighted by Gasteiger charge is 2.08. The lowest BCUT2D eigenvalue weighted by molar-refractivity contribution is 0.412. The van der Waals surface area contributed by atoms with E-state index in [-0.39, 0.29) is 0 Å². The number of benzene rings is 2. The van der Waals surface area contributed by atoms with E-state index < -0.39 is 0 Å². The van der Waals surface area contributed by atoms with E-state index in [1.165, 1.54) is 0 Å². The SMILES string of the molecule is COc1cc(NCc2cc3ccccc3o2)c(Br)cc1Br. The molecule has 3 aromatic rings. The minimum atomic E-state index is 0.609. The molecule has 0 aliphatic carbocycles. The van der Waals surface area contributed by atoms with Crippen molar-refractivity contribution in [2.75, 3.05) is 12.4 Å². The lowest BCUT2D eigenvalue weighted by Crippen LogP contribution is -1.99. The molecule has 1 N–H and O–H groups in total. The number of methoxy groups -OCH3 is 1. The molecule has 0 atom stereocenters. The molecule has 0 saturated carbocycles. The molecule has 108 valence electrons. The average molecular weight is 411 g/mol. The Morgan fingerprint density at radius 3 is 2.67 bits per heavy atom. The van der Waals surface area contributed by atoms with Gasteiger partial charge in [-0.25, -0.2) is 0 Å². The van der Waals surface area contributed by atoms with Crippen molar-refractivity contribution in [1.82, 2.24) is 0 Å². The number of halogens is 2. The van der Waals surface area contributed by atoms with Crippen LogP contribution in [0.3, 0.4) is 0 Å². The Morgan fingerprint density at radius 1 is 1.10 bits per heavy atom. The van der Waals surface area contributed by atoms with Crippen molar-refractivity contribution in [3.63, 3.8) is 0 Å². The van der Waals surface area contributed by atoms with Crippen molar-refractivity contribution in [3.05, 3.63) is 57.2 Å². The number of furan rings is 1. The molecular formula is C16H13Br2NO2. The molecule has 0 radical (unpaired) electrons. The van der Waals surface area contributed by atoms with Gasteiger partial charge in [0.2, 0.25) is 0 Å². The van der Waals surface area contributed by atoms with Crippen molar-refractivity contribution in [3.8, 4) is 5.75 Å². The summed E-state index contributed by atoms with van der Waals surface area (Å²) in [6.45, 7) is 0.609. The third-order valence-electron chi connectivity index (χ3n) is 3.17. The van der Waals surface area contributed by atoms with E-state index in [4.69, 9.17) is 9.15 Å². The summed E-state index contributed by atoms with van der Waals surface area (Å²) in [6.07, 6.45) is 0. The number of nitrogens with one attached hydrogen (secondary N) is 1. The van der Waals surface area contributed by atoms with Crippen molar-refractivity contribution in [2.45, 2.75) is 6.54 Å². The van der Waals surface area contributed by atoms with Crippen LogP contribution in [0.2, 0.25) is 0 Å². The number of hydrogen-bond donors (Lipinski definition) is 1. The molecule has 5 heteroatoms. The first-order chi connectivity index (χ1) is 10.2. The Labute approximate surface area is 139 Å². The summed E-state index contributed by atoms with van der Waals surface area (Å²) in [5.41, 5.74) is 1.86. The highest BCUT2D eigenvalue weighted by atomic mass is 79.9. The van der Waals surface area contributed by atoms with Gasteiger partial charge in [-0.2, -0.15) is 0 Å². The predicted octanol–water partition coefficient (Wildman–Crippen LogP) is 5.58. The third-order valence-corrected chi connectivity index (χ3v) is 4.45. The molecule has 0 fully saturated rings. The second kappa shape index (κ2) is 6.12. The highest BCUT2D eigenvalue weighted by Crippen LogP contribution is 2.34. The molecule has 0 amide bonds. The quantitative estimate of drug-likeness (QED) is 0.609. The third kappa shape index (κ3) is 3.09. The largest absolute Gasteiger partial charge is 0.495 e. The molecule has 1 heterocycles. The number of hydrogen-bond acceptors (Lipinski definition) is 3. The average Bonchev–Trinajstić information content (AvgIpc) is 2.89. The molecule has 0 aliphatic rings. The Morgan fingerprint density at radius 2 is 1.90 bits per heavy atom. The lowest BCUT2D eigenvalue weighted by atomic mass is 10.2. The normalized spacial score (nSPS) is 10.8. The fourth-order valence-corrected chi connectivity index (χ4v) is 3.42. The molecule has 1 aromatic heterocycles. The van der Waals surface area contributed by atoms with Gasteiger partial charge in [-0.15, -0.1) is 0 Å². The van der Waals surface area contributed by atoms with Crippen molar-refractivity contribution in [1.29, 1.82) is 0 Å². The van der Waals surface area contributed by atoms with E-state index in [1.54, 1.807) is 7.11 Å². The predicted molar refractivity (Wildman–Crippen MR) is 91.9 cm³/mol. The van der Waals surface area contributed by atoms with Gasteiger partial charge in [0, 0.05) is 15.9 Å². The lowest BCUT2D eigenvalue weighted by Gasteiger charge is -2.11. The molecule has 2 aromatic carbocycles. The van der Waals surface area contributed by atoms with E-state index in [9.17, 15) is 0 Å². The number of anilines is 1. The Hall–Kier alpha value is -1.46. The van der Waals surface area contributed by atoms with Crippen LogP contribution in [-0.4, -0.2) is 7.11 Å². The smallest absolute Gasteiger partial charge is 0.135 e. The van der Waals surface area contributed by atoms with E-state index in [0.717, 1.165) is 37.1 Å². The van der Waals surface area contributed by atoms with E-state index >= 15 is 0 Å². The minimum Gasteiger partial charge on any atom is -0.495 e. The van der Waals surface area contributed by atoms with Crippen LogP contribution in [0, 0.1) is 0 Å². The van der Waals surface area contributed by atoms with Gasteiger partial charge in [0.15, 0.2) is 0 Å². The molecule has 0 saturated heterocycles. The van der Waals surface area contributed by atoms with Crippen LogP contribution in [0.1, 0.15) is 5.76 Å². The van der Waals surface area contributed by atoms with Crippen LogP contribution in [-0.2, 0) is 6.54 Å². The highest BCUT2D eigenvalue weighted by molar-refractivity contribution is 9.11.